The molecule has 0 saturated carbocycles. The predicted octanol–water partition coefficient (Wildman–Crippen LogP) is 3.06. The van der Waals surface area contributed by atoms with Gasteiger partial charge in [0.15, 0.2) is 0 Å². The molecule has 2 aromatic rings. The van der Waals surface area contributed by atoms with Gasteiger partial charge in [-0.05, 0) is 35.6 Å². The van der Waals surface area contributed by atoms with E-state index in [1.165, 1.54) is 0 Å². The smallest absolute Gasteiger partial charge is 0.228 e. The zero-order valence-electron chi connectivity index (χ0n) is 11.5. The van der Waals surface area contributed by atoms with Gasteiger partial charge in [-0.25, -0.2) is 0 Å². The van der Waals surface area contributed by atoms with Crippen molar-refractivity contribution in [3.8, 4) is 0 Å². The molecule has 0 aliphatic carbocycles. The van der Waals surface area contributed by atoms with Gasteiger partial charge < -0.3 is 10.2 Å². The second-order valence-electron chi connectivity index (χ2n) is 5.05. The lowest BCUT2D eigenvalue weighted by Gasteiger charge is -2.15. The molecule has 21 heavy (non-hydrogen) atoms. The molecule has 0 unspecified atom stereocenters. The molecule has 5 heteroatoms. The lowest BCUT2D eigenvalue weighted by molar-refractivity contribution is -0.117. The number of carbonyl (C=O) groups excluding carboxylic acids is 2. The number of nitrogens with one attached hydrogen (secondary N) is 1. The molecular formula is C16H16N2O2S. The third-order valence-electron chi connectivity index (χ3n) is 3.49. The minimum absolute atomic E-state index is 0.0293. The van der Waals surface area contributed by atoms with E-state index in [1.54, 1.807) is 16.2 Å². The van der Waals surface area contributed by atoms with Crippen molar-refractivity contribution in [2.45, 2.75) is 19.3 Å². The fraction of sp³-hybridized carbons (Fsp3) is 0.250. The van der Waals surface area contributed by atoms with Crippen molar-refractivity contribution in [3.05, 3.63) is 46.7 Å². The van der Waals surface area contributed by atoms with Crippen LogP contribution in [0.25, 0.3) is 0 Å². The van der Waals surface area contributed by atoms with Gasteiger partial charge in [-0.15, -0.1) is 0 Å². The lowest BCUT2D eigenvalue weighted by atomic mass is 10.1. The minimum Gasteiger partial charge on any atom is -0.325 e. The second-order valence-corrected chi connectivity index (χ2v) is 5.83. The maximum absolute atomic E-state index is 11.9. The number of carbonyl (C=O) groups is 2. The average Bonchev–Trinajstić information content (AvgIpc) is 3.11. The summed E-state index contributed by atoms with van der Waals surface area (Å²) in [6, 6.07) is 9.53. The summed E-state index contributed by atoms with van der Waals surface area (Å²) in [6.07, 6.45) is 1.89. The SMILES string of the molecule is O=C(Cc1ccc(N2CCCC2=O)cc1)Nc1ccsc1. The molecule has 2 amide bonds. The number of rotatable bonds is 4. The molecule has 108 valence electrons. The fourth-order valence-corrected chi connectivity index (χ4v) is 3.03. The van der Waals surface area contributed by atoms with E-state index >= 15 is 0 Å². The molecular weight excluding hydrogens is 284 g/mol. The molecule has 0 spiro atoms. The summed E-state index contributed by atoms with van der Waals surface area (Å²) in [6.45, 7) is 0.789. The van der Waals surface area contributed by atoms with E-state index in [4.69, 9.17) is 0 Å². The molecule has 0 radical (unpaired) electrons. The molecule has 1 aliphatic rings. The summed E-state index contributed by atoms with van der Waals surface area (Å²) in [7, 11) is 0. The highest BCUT2D eigenvalue weighted by atomic mass is 32.1. The molecule has 1 aromatic carbocycles. The first-order chi connectivity index (χ1) is 10.2. The Morgan fingerprint density at radius 3 is 2.67 bits per heavy atom. The summed E-state index contributed by atoms with van der Waals surface area (Å²) in [5.74, 6) is 0.149. The van der Waals surface area contributed by atoms with Crippen molar-refractivity contribution in [2.75, 3.05) is 16.8 Å². The van der Waals surface area contributed by atoms with Crippen molar-refractivity contribution >= 4 is 34.5 Å². The largest absolute Gasteiger partial charge is 0.325 e. The van der Waals surface area contributed by atoms with Crippen LogP contribution in [0.1, 0.15) is 18.4 Å². The van der Waals surface area contributed by atoms with Gasteiger partial charge in [0.25, 0.3) is 0 Å². The van der Waals surface area contributed by atoms with Crippen LogP contribution in [0.5, 0.6) is 0 Å². The summed E-state index contributed by atoms with van der Waals surface area (Å²) in [5.41, 5.74) is 2.70. The number of benzene rings is 1. The monoisotopic (exact) mass is 300 g/mol. The average molecular weight is 300 g/mol. The Labute approximate surface area is 127 Å². The topological polar surface area (TPSA) is 49.4 Å². The van der Waals surface area contributed by atoms with E-state index < -0.39 is 0 Å². The van der Waals surface area contributed by atoms with Crippen LogP contribution in [-0.4, -0.2) is 18.4 Å². The summed E-state index contributed by atoms with van der Waals surface area (Å²) >= 11 is 1.55. The molecule has 3 rings (SSSR count). The van der Waals surface area contributed by atoms with Gasteiger partial charge >= 0.3 is 0 Å². The Bertz CT molecular complexity index is 635. The standard InChI is InChI=1S/C16H16N2O2S/c19-15(17-13-7-9-21-11-13)10-12-3-5-14(6-4-12)18-8-1-2-16(18)20/h3-7,9,11H,1-2,8,10H2,(H,17,19). The molecule has 1 fully saturated rings. The van der Waals surface area contributed by atoms with E-state index in [9.17, 15) is 9.59 Å². The number of hydrogen-bond acceptors (Lipinski definition) is 3. The Morgan fingerprint density at radius 2 is 2.05 bits per heavy atom. The lowest BCUT2D eigenvalue weighted by Crippen LogP contribution is -2.23. The number of hydrogen-bond donors (Lipinski definition) is 1. The fourth-order valence-electron chi connectivity index (χ4n) is 2.44. The summed E-state index contributed by atoms with van der Waals surface area (Å²) in [5, 5.41) is 6.68. The Kier molecular flexibility index (Phi) is 4.01. The van der Waals surface area contributed by atoms with Crippen LogP contribution < -0.4 is 10.2 Å². The first kappa shape index (κ1) is 13.8. The number of nitrogens with zero attached hydrogens (tertiary/aromatic N) is 1. The predicted molar refractivity (Wildman–Crippen MR) is 84.7 cm³/mol. The molecule has 0 bridgehead atoms. The normalized spacial score (nSPS) is 14.5. The Balaban J connectivity index is 1.61. The van der Waals surface area contributed by atoms with Crippen LogP contribution >= 0.6 is 11.3 Å². The highest BCUT2D eigenvalue weighted by Crippen LogP contribution is 2.22. The van der Waals surface area contributed by atoms with Crippen LogP contribution in [0.15, 0.2) is 41.1 Å². The number of amides is 2. The maximum atomic E-state index is 11.9. The van der Waals surface area contributed by atoms with E-state index in [0.29, 0.717) is 12.8 Å². The third-order valence-corrected chi connectivity index (χ3v) is 4.17. The van der Waals surface area contributed by atoms with Crippen molar-refractivity contribution < 1.29 is 9.59 Å². The molecule has 2 heterocycles. The minimum atomic E-state index is -0.0293. The Morgan fingerprint density at radius 1 is 1.24 bits per heavy atom. The number of anilines is 2. The van der Waals surface area contributed by atoms with Crippen LogP contribution in [-0.2, 0) is 16.0 Å². The quantitative estimate of drug-likeness (QED) is 0.943. The zero-order chi connectivity index (χ0) is 14.7. The van der Waals surface area contributed by atoms with Gasteiger partial charge in [0.05, 0.1) is 12.1 Å². The first-order valence-corrected chi connectivity index (χ1v) is 7.88. The highest BCUT2D eigenvalue weighted by molar-refractivity contribution is 7.08. The molecule has 1 N–H and O–H groups in total. The number of thiophene rings is 1. The van der Waals surface area contributed by atoms with Crippen LogP contribution in [0.2, 0.25) is 0 Å². The highest BCUT2D eigenvalue weighted by Gasteiger charge is 2.21. The van der Waals surface area contributed by atoms with Crippen molar-refractivity contribution in [2.24, 2.45) is 0 Å². The van der Waals surface area contributed by atoms with Crippen LogP contribution in [0, 0.1) is 0 Å². The van der Waals surface area contributed by atoms with Crippen molar-refractivity contribution in [3.63, 3.8) is 0 Å². The Hall–Kier alpha value is -2.14. The van der Waals surface area contributed by atoms with E-state index in [2.05, 4.69) is 5.32 Å². The van der Waals surface area contributed by atoms with Gasteiger partial charge in [0.1, 0.15) is 0 Å². The van der Waals surface area contributed by atoms with Gasteiger partial charge in [-0.2, -0.15) is 11.3 Å². The van der Waals surface area contributed by atoms with Crippen LogP contribution in [0.4, 0.5) is 11.4 Å². The van der Waals surface area contributed by atoms with E-state index in [-0.39, 0.29) is 11.8 Å². The zero-order valence-corrected chi connectivity index (χ0v) is 12.4. The second kappa shape index (κ2) is 6.10. The molecule has 0 atom stereocenters. The maximum Gasteiger partial charge on any atom is 0.228 e. The van der Waals surface area contributed by atoms with Gasteiger partial charge in [0.2, 0.25) is 11.8 Å². The molecule has 1 aromatic heterocycles. The molecule has 1 aliphatic heterocycles. The molecule has 1 saturated heterocycles. The van der Waals surface area contributed by atoms with Crippen molar-refractivity contribution in [1.29, 1.82) is 0 Å². The van der Waals surface area contributed by atoms with Crippen molar-refractivity contribution in [1.82, 2.24) is 0 Å². The van der Waals surface area contributed by atoms with E-state index in [0.717, 1.165) is 29.9 Å². The summed E-state index contributed by atoms with van der Waals surface area (Å²) < 4.78 is 0. The summed E-state index contributed by atoms with van der Waals surface area (Å²) in [4.78, 5) is 25.4. The van der Waals surface area contributed by atoms with Gasteiger partial charge in [0, 0.05) is 24.0 Å². The van der Waals surface area contributed by atoms with Crippen LogP contribution in [0.3, 0.4) is 0 Å². The third kappa shape index (κ3) is 3.31. The van der Waals surface area contributed by atoms with Gasteiger partial charge in [-0.3, -0.25) is 9.59 Å². The first-order valence-electron chi connectivity index (χ1n) is 6.94. The van der Waals surface area contributed by atoms with E-state index in [1.807, 2.05) is 41.1 Å². The molecule has 4 nitrogen and oxygen atoms in total. The van der Waals surface area contributed by atoms with Gasteiger partial charge in [-0.1, -0.05) is 12.1 Å².